The molecule has 6 nitrogen and oxygen atoms in total. The van der Waals surface area contributed by atoms with E-state index in [0.717, 1.165) is 0 Å². The molecule has 0 atom stereocenters. The zero-order valence-corrected chi connectivity index (χ0v) is 15.6. The number of hydrogen-bond acceptors (Lipinski definition) is 7. The molecule has 0 bridgehead atoms. The summed E-state index contributed by atoms with van der Waals surface area (Å²) in [5.41, 5.74) is 1.18. The number of phenolic OH excluding ortho intramolecular Hbond substituents is 1. The number of phenols is 1. The highest BCUT2D eigenvalue weighted by Gasteiger charge is 2.33. The summed E-state index contributed by atoms with van der Waals surface area (Å²) in [6.45, 7) is 0. The number of ether oxygens (including phenoxy) is 4. The van der Waals surface area contributed by atoms with E-state index in [4.69, 9.17) is 18.9 Å². The second-order valence-corrected chi connectivity index (χ2v) is 6.45. The predicted molar refractivity (Wildman–Crippen MR) is 98.9 cm³/mol. The summed E-state index contributed by atoms with van der Waals surface area (Å²) >= 11 is 1.29. The van der Waals surface area contributed by atoms with E-state index in [-0.39, 0.29) is 11.5 Å². The summed E-state index contributed by atoms with van der Waals surface area (Å²) in [5.74, 6) is 1.58. The van der Waals surface area contributed by atoms with Crippen LogP contribution in [0.3, 0.4) is 0 Å². The van der Waals surface area contributed by atoms with Crippen molar-refractivity contribution in [2.45, 2.75) is 4.90 Å². The van der Waals surface area contributed by atoms with Crippen LogP contribution in [-0.2, 0) is 0 Å². The molecule has 0 saturated carbocycles. The highest BCUT2D eigenvalue weighted by molar-refractivity contribution is 8.05. The number of hydrogen-bond donors (Lipinski definition) is 1. The van der Waals surface area contributed by atoms with Crippen molar-refractivity contribution >= 4 is 23.6 Å². The first-order valence-electron chi connectivity index (χ1n) is 7.68. The Hall–Kier alpha value is -2.80. The second-order valence-electron chi connectivity index (χ2n) is 5.39. The van der Waals surface area contributed by atoms with Crippen LogP contribution in [0.4, 0.5) is 0 Å². The number of benzene rings is 2. The minimum Gasteiger partial charge on any atom is -0.504 e. The van der Waals surface area contributed by atoms with E-state index in [9.17, 15) is 9.90 Å². The van der Waals surface area contributed by atoms with E-state index < -0.39 is 0 Å². The Balaban J connectivity index is 2.06. The maximum absolute atomic E-state index is 12.8. The van der Waals surface area contributed by atoms with E-state index in [1.54, 1.807) is 30.3 Å². The molecule has 0 unspecified atom stereocenters. The van der Waals surface area contributed by atoms with Crippen molar-refractivity contribution in [1.29, 1.82) is 0 Å². The quantitative estimate of drug-likeness (QED) is 0.799. The predicted octanol–water partition coefficient (Wildman–Crippen LogP) is 3.76. The first kappa shape index (κ1) is 18.0. The summed E-state index contributed by atoms with van der Waals surface area (Å²) < 4.78 is 21.2. The van der Waals surface area contributed by atoms with Crippen LogP contribution in [0.25, 0.3) is 6.08 Å². The van der Waals surface area contributed by atoms with Crippen molar-refractivity contribution < 1.29 is 28.8 Å². The van der Waals surface area contributed by atoms with Gasteiger partial charge < -0.3 is 24.1 Å². The van der Waals surface area contributed by atoms with E-state index in [1.807, 2.05) is 0 Å². The molecule has 0 fully saturated rings. The van der Waals surface area contributed by atoms with Crippen molar-refractivity contribution in [2.24, 2.45) is 0 Å². The van der Waals surface area contributed by atoms with Crippen LogP contribution < -0.4 is 18.9 Å². The zero-order chi connectivity index (χ0) is 18.8. The van der Waals surface area contributed by atoms with Crippen molar-refractivity contribution in [3.8, 4) is 28.7 Å². The lowest BCUT2D eigenvalue weighted by Gasteiger charge is -2.14. The van der Waals surface area contributed by atoms with E-state index in [2.05, 4.69) is 0 Å². The molecule has 1 aliphatic heterocycles. The second kappa shape index (κ2) is 7.21. The minimum absolute atomic E-state index is 0.00993. The van der Waals surface area contributed by atoms with Crippen molar-refractivity contribution in [1.82, 2.24) is 0 Å². The summed E-state index contributed by atoms with van der Waals surface area (Å²) in [4.78, 5) is 14.0. The SMILES string of the molecule is COc1ccc(/C=C2/Sc3c(cc(OC)c(OC)c3OC)C2=O)cc1O. The van der Waals surface area contributed by atoms with Crippen LogP contribution in [-0.4, -0.2) is 39.3 Å². The number of thioether (sulfide) groups is 1. The topological polar surface area (TPSA) is 74.2 Å². The lowest BCUT2D eigenvalue weighted by atomic mass is 10.1. The molecule has 0 saturated heterocycles. The first-order valence-corrected chi connectivity index (χ1v) is 8.49. The lowest BCUT2D eigenvalue weighted by Crippen LogP contribution is -2.00. The fourth-order valence-corrected chi connectivity index (χ4v) is 3.88. The van der Waals surface area contributed by atoms with Crippen molar-refractivity contribution in [3.05, 3.63) is 40.3 Å². The number of allylic oxidation sites excluding steroid dienone is 1. The Morgan fingerprint density at radius 1 is 0.923 bits per heavy atom. The van der Waals surface area contributed by atoms with Gasteiger partial charge in [-0.2, -0.15) is 0 Å². The van der Waals surface area contributed by atoms with Gasteiger partial charge in [-0.15, -0.1) is 0 Å². The molecule has 26 heavy (non-hydrogen) atoms. The maximum atomic E-state index is 12.8. The largest absolute Gasteiger partial charge is 0.504 e. The third kappa shape index (κ3) is 2.94. The Bertz CT molecular complexity index is 903. The molecule has 3 rings (SSSR count). The fraction of sp³-hybridized carbons (Fsp3) is 0.211. The molecule has 136 valence electrons. The average molecular weight is 374 g/mol. The Labute approximate surface area is 155 Å². The van der Waals surface area contributed by atoms with Crippen molar-refractivity contribution in [2.75, 3.05) is 28.4 Å². The number of fused-ring (bicyclic) bond motifs is 1. The smallest absolute Gasteiger partial charge is 0.204 e. The van der Waals surface area contributed by atoms with Gasteiger partial charge in [-0.3, -0.25) is 4.79 Å². The van der Waals surface area contributed by atoms with Gasteiger partial charge in [-0.25, -0.2) is 0 Å². The lowest BCUT2D eigenvalue weighted by molar-refractivity contribution is 0.104. The van der Waals surface area contributed by atoms with E-state index >= 15 is 0 Å². The molecule has 0 radical (unpaired) electrons. The number of rotatable bonds is 5. The molecule has 0 amide bonds. The maximum Gasteiger partial charge on any atom is 0.204 e. The summed E-state index contributed by atoms with van der Waals surface area (Å²) in [6.07, 6.45) is 1.71. The van der Waals surface area contributed by atoms with Crippen LogP contribution in [0, 0.1) is 0 Å². The third-order valence-electron chi connectivity index (χ3n) is 3.97. The number of carbonyl (C=O) groups excluding carboxylic acids is 1. The Morgan fingerprint density at radius 2 is 1.62 bits per heavy atom. The summed E-state index contributed by atoms with van der Waals surface area (Å²) in [5, 5.41) is 9.92. The molecule has 1 heterocycles. The van der Waals surface area contributed by atoms with Gasteiger partial charge in [-0.05, 0) is 29.8 Å². The third-order valence-corrected chi connectivity index (χ3v) is 5.10. The monoisotopic (exact) mass is 374 g/mol. The van der Waals surface area contributed by atoms with E-state index in [1.165, 1.54) is 40.2 Å². The zero-order valence-electron chi connectivity index (χ0n) is 14.8. The molecule has 7 heteroatoms. The Morgan fingerprint density at radius 3 is 2.19 bits per heavy atom. The molecule has 1 aliphatic rings. The van der Waals surface area contributed by atoms with Crippen LogP contribution in [0.15, 0.2) is 34.1 Å². The molecule has 2 aromatic rings. The van der Waals surface area contributed by atoms with Gasteiger partial charge >= 0.3 is 0 Å². The summed E-state index contributed by atoms with van der Waals surface area (Å²) in [7, 11) is 6.03. The molecular weight excluding hydrogens is 356 g/mol. The number of aromatic hydroxyl groups is 1. The molecule has 0 aromatic heterocycles. The van der Waals surface area contributed by atoms with Crippen LogP contribution in [0.2, 0.25) is 0 Å². The normalized spacial score (nSPS) is 14.3. The van der Waals surface area contributed by atoms with Gasteiger partial charge in [0, 0.05) is 5.56 Å². The average Bonchev–Trinajstić information content (AvgIpc) is 2.95. The molecular formula is C19H18O6S. The fourth-order valence-electron chi connectivity index (χ4n) is 2.73. The van der Waals surface area contributed by atoms with Gasteiger partial charge in [0.1, 0.15) is 0 Å². The number of carbonyl (C=O) groups is 1. The van der Waals surface area contributed by atoms with Gasteiger partial charge in [0.15, 0.2) is 23.0 Å². The van der Waals surface area contributed by atoms with E-state index in [0.29, 0.717) is 43.9 Å². The highest BCUT2D eigenvalue weighted by atomic mass is 32.2. The number of Topliss-reactive ketones (excluding diaryl/α,β-unsaturated/α-hetero) is 1. The molecule has 0 spiro atoms. The highest BCUT2D eigenvalue weighted by Crippen LogP contribution is 2.53. The van der Waals surface area contributed by atoms with Gasteiger partial charge in [0.25, 0.3) is 0 Å². The van der Waals surface area contributed by atoms with Crippen molar-refractivity contribution in [3.63, 3.8) is 0 Å². The van der Waals surface area contributed by atoms with Crippen LogP contribution in [0.1, 0.15) is 15.9 Å². The molecule has 1 N–H and O–H groups in total. The van der Waals surface area contributed by atoms with Gasteiger partial charge in [0.05, 0.1) is 38.2 Å². The Kier molecular flexibility index (Phi) is 4.99. The standard InChI is InChI=1S/C19H18O6S/c1-22-13-6-5-10(7-12(13)20)8-15-16(21)11-9-14(23-2)17(24-3)18(25-4)19(11)26-15/h5-9,20H,1-4H3/b15-8+. The minimum atomic E-state index is -0.139. The van der Waals surface area contributed by atoms with Crippen LogP contribution in [0.5, 0.6) is 28.7 Å². The molecule has 2 aromatic carbocycles. The molecule has 0 aliphatic carbocycles. The summed E-state index contributed by atoms with van der Waals surface area (Å²) in [6, 6.07) is 6.60. The van der Waals surface area contributed by atoms with Gasteiger partial charge in [0.2, 0.25) is 11.5 Å². The first-order chi connectivity index (χ1) is 12.5. The van der Waals surface area contributed by atoms with Gasteiger partial charge in [-0.1, -0.05) is 17.8 Å². The number of ketones is 1. The van der Waals surface area contributed by atoms with Crippen LogP contribution >= 0.6 is 11.8 Å². The number of methoxy groups -OCH3 is 4.